The van der Waals surface area contributed by atoms with Crippen molar-refractivity contribution >= 4 is 17.6 Å². The van der Waals surface area contributed by atoms with Gasteiger partial charge in [0.1, 0.15) is 0 Å². The normalized spacial score (nSPS) is 21.1. The van der Waals surface area contributed by atoms with Crippen molar-refractivity contribution < 1.29 is 15.0 Å². The largest absolute Gasteiger partial charge is 0.478 e. The standard InChI is InChI=1S/C19H20ClNO3/c20-17-6-4-14(5-7-17)18-11-21(10-16(18)12-22)9-13-2-1-3-15(8-13)19(23)24/h1-8,16,18,22H,9-12H2,(H,23,24)/t16-,18-/m0/s1. The monoisotopic (exact) mass is 345 g/mol. The lowest BCUT2D eigenvalue weighted by Crippen LogP contribution is -2.21. The lowest BCUT2D eigenvalue weighted by molar-refractivity contribution is 0.0696. The van der Waals surface area contributed by atoms with Crippen LogP contribution in [-0.4, -0.2) is 40.8 Å². The van der Waals surface area contributed by atoms with E-state index in [9.17, 15) is 9.90 Å². The zero-order valence-electron chi connectivity index (χ0n) is 13.2. The Hall–Kier alpha value is -1.88. The minimum Gasteiger partial charge on any atom is -0.478 e. The molecule has 24 heavy (non-hydrogen) atoms. The van der Waals surface area contributed by atoms with Crippen molar-refractivity contribution in [3.05, 3.63) is 70.2 Å². The van der Waals surface area contributed by atoms with Crippen LogP contribution in [0.15, 0.2) is 48.5 Å². The summed E-state index contributed by atoms with van der Waals surface area (Å²) in [5, 5.41) is 19.5. The summed E-state index contributed by atoms with van der Waals surface area (Å²) in [5.74, 6) is -0.477. The quantitative estimate of drug-likeness (QED) is 0.873. The molecule has 2 aromatic rings. The van der Waals surface area contributed by atoms with E-state index in [1.807, 2.05) is 30.3 Å². The number of halogens is 1. The van der Waals surface area contributed by atoms with E-state index >= 15 is 0 Å². The van der Waals surface area contributed by atoms with Gasteiger partial charge in [0.15, 0.2) is 0 Å². The molecule has 1 fully saturated rings. The van der Waals surface area contributed by atoms with Gasteiger partial charge in [-0.25, -0.2) is 4.79 Å². The molecule has 0 bridgehead atoms. The molecule has 1 aliphatic rings. The van der Waals surface area contributed by atoms with Crippen LogP contribution in [0.3, 0.4) is 0 Å². The van der Waals surface area contributed by atoms with E-state index in [0.717, 1.165) is 18.7 Å². The Kier molecular flexibility index (Phi) is 5.19. The van der Waals surface area contributed by atoms with E-state index in [1.165, 1.54) is 5.56 Å². The molecule has 126 valence electrons. The smallest absolute Gasteiger partial charge is 0.335 e. The maximum Gasteiger partial charge on any atom is 0.335 e. The van der Waals surface area contributed by atoms with Gasteiger partial charge in [0.05, 0.1) is 5.56 Å². The minimum absolute atomic E-state index is 0.138. The molecule has 1 heterocycles. The molecule has 2 atom stereocenters. The van der Waals surface area contributed by atoms with Gasteiger partial charge in [-0.15, -0.1) is 0 Å². The molecule has 0 radical (unpaired) electrons. The van der Waals surface area contributed by atoms with Gasteiger partial charge in [-0.3, -0.25) is 4.90 Å². The van der Waals surface area contributed by atoms with E-state index in [1.54, 1.807) is 18.2 Å². The highest BCUT2D eigenvalue weighted by Gasteiger charge is 2.33. The fourth-order valence-corrected chi connectivity index (χ4v) is 3.55. The number of benzene rings is 2. The number of likely N-dealkylation sites (tertiary alicyclic amines) is 1. The SMILES string of the molecule is O=C(O)c1cccc(CN2C[C@@H](CO)[C@H](c3ccc(Cl)cc3)C2)c1. The molecule has 0 saturated carbocycles. The van der Waals surface area contributed by atoms with Crippen molar-refractivity contribution in [2.45, 2.75) is 12.5 Å². The molecule has 1 saturated heterocycles. The van der Waals surface area contributed by atoms with Gasteiger partial charge in [-0.1, -0.05) is 35.9 Å². The number of carbonyl (C=O) groups is 1. The molecule has 0 aliphatic carbocycles. The summed E-state index contributed by atoms with van der Waals surface area (Å²) in [6, 6.07) is 14.8. The molecule has 0 amide bonds. The maximum atomic E-state index is 11.1. The predicted molar refractivity (Wildman–Crippen MR) is 93.4 cm³/mol. The molecule has 2 aromatic carbocycles. The molecule has 5 heteroatoms. The number of nitrogens with zero attached hydrogens (tertiary/aromatic N) is 1. The van der Waals surface area contributed by atoms with Crippen LogP contribution in [0.5, 0.6) is 0 Å². The number of hydrogen-bond donors (Lipinski definition) is 2. The van der Waals surface area contributed by atoms with Crippen molar-refractivity contribution in [1.29, 1.82) is 0 Å². The Morgan fingerprint density at radius 1 is 1.17 bits per heavy atom. The summed E-state index contributed by atoms with van der Waals surface area (Å²) in [6.45, 7) is 2.45. The zero-order valence-corrected chi connectivity index (χ0v) is 14.0. The second kappa shape index (κ2) is 7.34. The molecule has 0 unspecified atom stereocenters. The van der Waals surface area contributed by atoms with Crippen LogP contribution in [0, 0.1) is 5.92 Å². The summed E-state index contributed by atoms with van der Waals surface area (Å²) in [4.78, 5) is 13.4. The molecule has 4 nitrogen and oxygen atoms in total. The maximum absolute atomic E-state index is 11.1. The van der Waals surface area contributed by atoms with Crippen molar-refractivity contribution in [2.24, 2.45) is 5.92 Å². The summed E-state index contributed by atoms with van der Waals surface area (Å²) >= 11 is 5.96. The van der Waals surface area contributed by atoms with Gasteiger partial charge in [0, 0.05) is 43.1 Å². The van der Waals surface area contributed by atoms with Crippen LogP contribution >= 0.6 is 11.6 Å². The number of hydrogen-bond acceptors (Lipinski definition) is 3. The lowest BCUT2D eigenvalue weighted by atomic mass is 9.90. The summed E-state index contributed by atoms with van der Waals surface area (Å²) < 4.78 is 0. The van der Waals surface area contributed by atoms with E-state index in [2.05, 4.69) is 4.90 Å². The Labute approximate surface area is 146 Å². The molecular weight excluding hydrogens is 326 g/mol. The second-order valence-corrected chi connectivity index (χ2v) is 6.74. The summed E-state index contributed by atoms with van der Waals surface area (Å²) in [6.07, 6.45) is 0. The Morgan fingerprint density at radius 2 is 1.92 bits per heavy atom. The molecule has 3 rings (SSSR count). The number of rotatable bonds is 5. The van der Waals surface area contributed by atoms with E-state index in [4.69, 9.17) is 16.7 Å². The van der Waals surface area contributed by atoms with Crippen LogP contribution in [0.25, 0.3) is 0 Å². The van der Waals surface area contributed by atoms with Gasteiger partial charge in [0.2, 0.25) is 0 Å². The fraction of sp³-hybridized carbons (Fsp3) is 0.316. The third-order valence-electron chi connectivity index (χ3n) is 4.63. The first-order valence-electron chi connectivity index (χ1n) is 7.97. The highest BCUT2D eigenvalue weighted by molar-refractivity contribution is 6.30. The van der Waals surface area contributed by atoms with Gasteiger partial charge in [-0.2, -0.15) is 0 Å². The molecule has 1 aliphatic heterocycles. The molecular formula is C19H20ClNO3. The van der Waals surface area contributed by atoms with Crippen LogP contribution in [-0.2, 0) is 6.54 Å². The van der Waals surface area contributed by atoms with Crippen LogP contribution in [0.1, 0.15) is 27.4 Å². The number of aromatic carboxylic acids is 1. The molecule has 0 aromatic heterocycles. The number of aliphatic hydroxyl groups is 1. The fourth-order valence-electron chi connectivity index (χ4n) is 3.42. The van der Waals surface area contributed by atoms with Gasteiger partial charge in [0.25, 0.3) is 0 Å². The number of aliphatic hydroxyl groups excluding tert-OH is 1. The van der Waals surface area contributed by atoms with Crippen molar-refractivity contribution in [2.75, 3.05) is 19.7 Å². The van der Waals surface area contributed by atoms with Crippen molar-refractivity contribution in [3.8, 4) is 0 Å². The third kappa shape index (κ3) is 3.78. The van der Waals surface area contributed by atoms with Gasteiger partial charge in [-0.05, 0) is 35.4 Å². The van der Waals surface area contributed by atoms with Gasteiger partial charge >= 0.3 is 5.97 Å². The first-order valence-corrected chi connectivity index (χ1v) is 8.35. The Balaban J connectivity index is 1.73. The topological polar surface area (TPSA) is 60.8 Å². The zero-order chi connectivity index (χ0) is 17.1. The first kappa shape index (κ1) is 17.0. The van der Waals surface area contributed by atoms with E-state index in [0.29, 0.717) is 17.1 Å². The minimum atomic E-state index is -0.912. The first-order chi connectivity index (χ1) is 11.6. The van der Waals surface area contributed by atoms with Crippen LogP contribution in [0.4, 0.5) is 0 Å². The van der Waals surface area contributed by atoms with E-state index in [-0.39, 0.29) is 18.4 Å². The van der Waals surface area contributed by atoms with Crippen LogP contribution in [0.2, 0.25) is 5.02 Å². The summed E-state index contributed by atoms with van der Waals surface area (Å²) in [7, 11) is 0. The lowest BCUT2D eigenvalue weighted by Gasteiger charge is -2.17. The molecule has 0 spiro atoms. The highest BCUT2D eigenvalue weighted by Crippen LogP contribution is 2.33. The molecule has 2 N–H and O–H groups in total. The predicted octanol–water partition coefficient (Wildman–Crippen LogP) is 3.25. The second-order valence-electron chi connectivity index (χ2n) is 6.30. The summed E-state index contributed by atoms with van der Waals surface area (Å²) in [5.41, 5.74) is 2.46. The van der Waals surface area contributed by atoms with E-state index < -0.39 is 5.97 Å². The third-order valence-corrected chi connectivity index (χ3v) is 4.88. The number of carboxylic acids is 1. The average molecular weight is 346 g/mol. The average Bonchev–Trinajstić information content (AvgIpc) is 2.98. The van der Waals surface area contributed by atoms with Crippen molar-refractivity contribution in [1.82, 2.24) is 4.90 Å². The Bertz CT molecular complexity index is 717. The van der Waals surface area contributed by atoms with Crippen LogP contribution < -0.4 is 0 Å². The number of carboxylic acid groups (broad SMARTS) is 1. The van der Waals surface area contributed by atoms with Crippen molar-refractivity contribution in [3.63, 3.8) is 0 Å². The Morgan fingerprint density at radius 3 is 2.58 bits per heavy atom. The van der Waals surface area contributed by atoms with Gasteiger partial charge < -0.3 is 10.2 Å². The highest BCUT2D eigenvalue weighted by atomic mass is 35.5.